The minimum atomic E-state index is -0.120. The highest BCUT2D eigenvalue weighted by atomic mass is 32.1. The molecule has 3 heterocycles. The number of carbonyl (C=O) groups is 1. The number of thiazole rings is 1. The summed E-state index contributed by atoms with van der Waals surface area (Å²) in [5.41, 5.74) is 0.976. The summed E-state index contributed by atoms with van der Waals surface area (Å²) in [6.07, 6.45) is 3.33. The van der Waals surface area contributed by atoms with Crippen LogP contribution in [-0.2, 0) is 20.9 Å². The quantitative estimate of drug-likeness (QED) is 0.774. The number of hydrogen-bond donors (Lipinski definition) is 0. The van der Waals surface area contributed by atoms with Crippen molar-refractivity contribution in [2.45, 2.75) is 45.0 Å². The molecule has 0 N–H and O–H groups in total. The Bertz CT molecular complexity index is 431. The number of fused-ring (bicyclic) bond motifs is 2. The Morgan fingerprint density at radius 3 is 3.12 bits per heavy atom. The van der Waals surface area contributed by atoms with Crippen LogP contribution in [0.15, 0.2) is 5.38 Å². The number of nitrogens with zero attached hydrogens (tertiary/aromatic N) is 1. The molecule has 1 aromatic rings. The van der Waals surface area contributed by atoms with Crippen molar-refractivity contribution in [2.24, 2.45) is 5.92 Å². The molecule has 2 aliphatic rings. The molecule has 3 rings (SSSR count). The zero-order valence-corrected chi connectivity index (χ0v) is 10.5. The highest BCUT2D eigenvalue weighted by molar-refractivity contribution is 7.09. The van der Waals surface area contributed by atoms with Crippen molar-refractivity contribution >= 4 is 17.3 Å². The molecule has 4 nitrogen and oxygen atoms in total. The molecular formula is C12H15NO3S. The van der Waals surface area contributed by atoms with Gasteiger partial charge in [-0.05, 0) is 26.2 Å². The van der Waals surface area contributed by atoms with E-state index in [4.69, 9.17) is 9.47 Å². The van der Waals surface area contributed by atoms with E-state index in [0.29, 0.717) is 12.7 Å². The first-order chi connectivity index (χ1) is 8.22. The molecule has 0 amide bonds. The zero-order chi connectivity index (χ0) is 11.8. The largest absolute Gasteiger partial charge is 0.458 e. The van der Waals surface area contributed by atoms with E-state index in [0.717, 1.165) is 30.0 Å². The van der Waals surface area contributed by atoms with E-state index in [2.05, 4.69) is 4.98 Å². The molecule has 3 atom stereocenters. The van der Waals surface area contributed by atoms with E-state index in [1.54, 1.807) is 0 Å². The van der Waals surface area contributed by atoms with Gasteiger partial charge in [-0.3, -0.25) is 4.79 Å². The summed E-state index contributed by atoms with van der Waals surface area (Å²) in [4.78, 5) is 16.2. The Labute approximate surface area is 104 Å². The second-order valence-electron chi connectivity index (χ2n) is 4.71. The molecule has 2 bridgehead atoms. The van der Waals surface area contributed by atoms with Crippen molar-refractivity contribution < 1.29 is 14.3 Å². The van der Waals surface area contributed by atoms with Crippen molar-refractivity contribution in [1.29, 1.82) is 0 Å². The van der Waals surface area contributed by atoms with E-state index < -0.39 is 0 Å². The Kier molecular flexibility index (Phi) is 2.88. The van der Waals surface area contributed by atoms with Crippen molar-refractivity contribution in [3.63, 3.8) is 0 Å². The van der Waals surface area contributed by atoms with Crippen molar-refractivity contribution in [3.8, 4) is 0 Å². The summed E-state index contributed by atoms with van der Waals surface area (Å²) in [5, 5.41) is 2.82. The van der Waals surface area contributed by atoms with Crippen LogP contribution < -0.4 is 0 Å². The van der Waals surface area contributed by atoms with Crippen LogP contribution in [0.5, 0.6) is 0 Å². The van der Waals surface area contributed by atoms with Gasteiger partial charge >= 0.3 is 5.97 Å². The van der Waals surface area contributed by atoms with Gasteiger partial charge in [0.05, 0.1) is 18.1 Å². The second-order valence-corrected chi connectivity index (χ2v) is 5.65. The lowest BCUT2D eigenvalue weighted by atomic mass is 9.89. The Hall–Kier alpha value is -0.940. The van der Waals surface area contributed by atoms with Gasteiger partial charge < -0.3 is 9.47 Å². The lowest BCUT2D eigenvalue weighted by Gasteiger charge is -2.16. The maximum Gasteiger partial charge on any atom is 0.312 e. The Balaban J connectivity index is 1.54. The molecule has 5 heteroatoms. The van der Waals surface area contributed by atoms with E-state index in [9.17, 15) is 4.79 Å². The number of hydrogen-bond acceptors (Lipinski definition) is 5. The standard InChI is InChI=1S/C12H15NO3S/c1-7-6-17-11(13-7)5-15-12(14)9-4-8-2-3-10(9)16-8/h6,8-10H,2-5H2,1H3/t8-,9+,10+/m1/s1. The average molecular weight is 253 g/mol. The number of aryl methyl sites for hydroxylation is 1. The highest BCUT2D eigenvalue weighted by Crippen LogP contribution is 2.39. The van der Waals surface area contributed by atoms with Crippen molar-refractivity contribution in [2.75, 3.05) is 0 Å². The monoisotopic (exact) mass is 253 g/mol. The fraction of sp³-hybridized carbons (Fsp3) is 0.667. The minimum Gasteiger partial charge on any atom is -0.458 e. The maximum absolute atomic E-state index is 11.9. The first-order valence-electron chi connectivity index (χ1n) is 5.95. The molecule has 0 saturated carbocycles. The predicted molar refractivity (Wildman–Crippen MR) is 62.6 cm³/mol. The Morgan fingerprint density at radius 2 is 2.53 bits per heavy atom. The van der Waals surface area contributed by atoms with Gasteiger partial charge in [-0.25, -0.2) is 4.98 Å². The van der Waals surface area contributed by atoms with Crippen LogP contribution >= 0.6 is 11.3 Å². The van der Waals surface area contributed by atoms with Crippen LogP contribution in [0.25, 0.3) is 0 Å². The number of ether oxygens (including phenoxy) is 2. The second kappa shape index (κ2) is 4.38. The van der Waals surface area contributed by atoms with Gasteiger partial charge in [0.1, 0.15) is 11.6 Å². The summed E-state index contributed by atoms with van der Waals surface area (Å²) in [7, 11) is 0. The van der Waals surface area contributed by atoms with Crippen molar-refractivity contribution in [1.82, 2.24) is 4.98 Å². The lowest BCUT2D eigenvalue weighted by Crippen LogP contribution is -2.27. The topological polar surface area (TPSA) is 48.4 Å². The molecule has 0 spiro atoms. The smallest absolute Gasteiger partial charge is 0.312 e. The van der Waals surface area contributed by atoms with E-state index >= 15 is 0 Å². The summed E-state index contributed by atoms with van der Waals surface area (Å²) < 4.78 is 11.0. The van der Waals surface area contributed by atoms with Gasteiger partial charge in [-0.15, -0.1) is 11.3 Å². The maximum atomic E-state index is 11.9. The summed E-state index contributed by atoms with van der Waals surface area (Å²) in [5.74, 6) is -0.167. The van der Waals surface area contributed by atoms with E-state index in [-0.39, 0.29) is 18.0 Å². The third-order valence-corrected chi connectivity index (χ3v) is 4.35. The molecule has 0 aromatic carbocycles. The minimum absolute atomic E-state index is 0.0465. The third kappa shape index (κ3) is 2.21. The van der Waals surface area contributed by atoms with Crippen LogP contribution in [-0.4, -0.2) is 23.2 Å². The van der Waals surface area contributed by atoms with Gasteiger partial charge in [-0.2, -0.15) is 0 Å². The first-order valence-corrected chi connectivity index (χ1v) is 6.83. The van der Waals surface area contributed by atoms with Crippen LogP contribution in [0, 0.1) is 12.8 Å². The summed E-state index contributed by atoms with van der Waals surface area (Å²) in [6.45, 7) is 2.23. The molecule has 2 aliphatic heterocycles. The van der Waals surface area contributed by atoms with Gasteiger partial charge in [0, 0.05) is 11.1 Å². The summed E-state index contributed by atoms with van der Waals surface area (Å²) >= 11 is 1.53. The molecular weight excluding hydrogens is 238 g/mol. The molecule has 0 aliphatic carbocycles. The fourth-order valence-electron chi connectivity index (χ4n) is 2.59. The zero-order valence-electron chi connectivity index (χ0n) is 9.72. The van der Waals surface area contributed by atoms with E-state index in [1.165, 1.54) is 11.3 Å². The fourth-order valence-corrected chi connectivity index (χ4v) is 3.28. The van der Waals surface area contributed by atoms with Gasteiger partial charge in [0.25, 0.3) is 0 Å². The number of carbonyl (C=O) groups excluding carboxylic acids is 1. The molecule has 1 aromatic heterocycles. The molecule has 2 saturated heterocycles. The van der Waals surface area contributed by atoms with Gasteiger partial charge in [0.15, 0.2) is 0 Å². The number of aromatic nitrogens is 1. The molecule has 17 heavy (non-hydrogen) atoms. The van der Waals surface area contributed by atoms with Gasteiger partial charge in [0.2, 0.25) is 0 Å². The molecule has 0 unspecified atom stereocenters. The normalized spacial score (nSPS) is 30.8. The SMILES string of the molecule is Cc1csc(COC(=O)[C@H]2C[C@H]3CC[C@@H]2O3)n1. The van der Waals surface area contributed by atoms with Gasteiger partial charge in [-0.1, -0.05) is 0 Å². The first kappa shape index (κ1) is 11.2. The lowest BCUT2D eigenvalue weighted by molar-refractivity contribution is -0.151. The van der Waals surface area contributed by atoms with Crippen LogP contribution in [0.3, 0.4) is 0 Å². The third-order valence-electron chi connectivity index (χ3n) is 3.41. The van der Waals surface area contributed by atoms with E-state index in [1.807, 2.05) is 12.3 Å². The van der Waals surface area contributed by atoms with Crippen LogP contribution in [0.2, 0.25) is 0 Å². The average Bonchev–Trinajstić information content (AvgIpc) is 3.01. The summed E-state index contributed by atoms with van der Waals surface area (Å²) in [6, 6.07) is 0. The van der Waals surface area contributed by atoms with Crippen LogP contribution in [0.1, 0.15) is 30.0 Å². The number of esters is 1. The highest BCUT2D eigenvalue weighted by Gasteiger charge is 2.45. The molecule has 2 fully saturated rings. The Morgan fingerprint density at radius 1 is 1.65 bits per heavy atom. The molecule has 92 valence electrons. The number of rotatable bonds is 3. The predicted octanol–water partition coefficient (Wildman–Crippen LogP) is 2.06. The van der Waals surface area contributed by atoms with Crippen LogP contribution in [0.4, 0.5) is 0 Å². The van der Waals surface area contributed by atoms with Crippen molar-refractivity contribution in [3.05, 3.63) is 16.1 Å². The molecule has 0 radical (unpaired) electrons.